The molecule has 0 N–H and O–H groups in total. The smallest absolute Gasteiger partial charge is 0.188 e. The molecule has 0 atom stereocenters. The van der Waals surface area contributed by atoms with Gasteiger partial charge in [-0.2, -0.15) is 0 Å². The second kappa shape index (κ2) is 8.20. The van der Waals surface area contributed by atoms with Gasteiger partial charge in [0.2, 0.25) is 0 Å². The van der Waals surface area contributed by atoms with E-state index < -0.39 is 13.9 Å². The van der Waals surface area contributed by atoms with Gasteiger partial charge in [-0.1, -0.05) is 121 Å². The van der Waals surface area contributed by atoms with Gasteiger partial charge in [0.05, 0.1) is 5.41 Å². The molecule has 0 radical (unpaired) electrons. The molecular formula is C30H30OSi. The Morgan fingerprint density at radius 3 is 1.25 bits per heavy atom. The van der Waals surface area contributed by atoms with Crippen molar-refractivity contribution in [3.05, 3.63) is 144 Å². The SMILES string of the molecule is C[Si]1(C)CCC(c2ccccc2)(c2ccccc2)C(c2ccccc2)(c2ccccc2)O1. The van der Waals surface area contributed by atoms with E-state index in [9.17, 15) is 0 Å². The summed E-state index contributed by atoms with van der Waals surface area (Å²) in [6.45, 7) is 4.74. The minimum Gasteiger partial charge on any atom is -0.403 e. The van der Waals surface area contributed by atoms with Crippen molar-refractivity contribution in [1.82, 2.24) is 0 Å². The summed E-state index contributed by atoms with van der Waals surface area (Å²) in [5.41, 5.74) is 4.10. The molecule has 0 aliphatic carbocycles. The average Bonchev–Trinajstić information content (AvgIpc) is 2.86. The van der Waals surface area contributed by atoms with Crippen molar-refractivity contribution in [2.75, 3.05) is 0 Å². The van der Waals surface area contributed by atoms with Gasteiger partial charge in [-0.3, -0.25) is 0 Å². The molecule has 1 heterocycles. The van der Waals surface area contributed by atoms with E-state index >= 15 is 0 Å². The first-order valence-electron chi connectivity index (χ1n) is 11.5. The first kappa shape index (κ1) is 20.9. The third-order valence-electron chi connectivity index (χ3n) is 7.03. The number of rotatable bonds is 4. The zero-order valence-corrected chi connectivity index (χ0v) is 19.9. The van der Waals surface area contributed by atoms with Gasteiger partial charge >= 0.3 is 0 Å². The van der Waals surface area contributed by atoms with Crippen LogP contribution in [0.15, 0.2) is 121 Å². The van der Waals surface area contributed by atoms with Gasteiger partial charge in [0.15, 0.2) is 8.32 Å². The summed E-state index contributed by atoms with van der Waals surface area (Å²) in [6.07, 6.45) is 1.05. The molecule has 5 rings (SSSR count). The molecule has 4 aromatic carbocycles. The summed E-state index contributed by atoms with van der Waals surface area (Å²) in [5.74, 6) is 0. The molecule has 1 fully saturated rings. The van der Waals surface area contributed by atoms with Gasteiger partial charge in [0.25, 0.3) is 0 Å². The normalized spacial score (nSPS) is 18.7. The lowest BCUT2D eigenvalue weighted by Crippen LogP contribution is -2.61. The van der Waals surface area contributed by atoms with Gasteiger partial charge in [-0.05, 0) is 47.8 Å². The number of hydrogen-bond acceptors (Lipinski definition) is 1. The van der Waals surface area contributed by atoms with Crippen molar-refractivity contribution in [3.63, 3.8) is 0 Å². The first-order chi connectivity index (χ1) is 15.6. The highest BCUT2D eigenvalue weighted by molar-refractivity contribution is 6.71. The second-order valence-corrected chi connectivity index (χ2v) is 13.6. The minimum absolute atomic E-state index is 0.346. The monoisotopic (exact) mass is 434 g/mol. The predicted molar refractivity (Wildman–Crippen MR) is 135 cm³/mol. The first-order valence-corrected chi connectivity index (χ1v) is 14.6. The topological polar surface area (TPSA) is 9.23 Å². The Bertz CT molecular complexity index is 1080. The van der Waals surface area contributed by atoms with Gasteiger partial charge < -0.3 is 4.43 Å². The van der Waals surface area contributed by atoms with E-state index in [0.29, 0.717) is 0 Å². The highest BCUT2D eigenvalue weighted by Gasteiger charge is 2.61. The molecule has 1 nitrogen and oxygen atoms in total. The van der Waals surface area contributed by atoms with E-state index in [-0.39, 0.29) is 5.41 Å². The molecule has 0 bridgehead atoms. The van der Waals surface area contributed by atoms with Crippen LogP contribution in [-0.4, -0.2) is 8.32 Å². The molecule has 1 saturated heterocycles. The van der Waals surface area contributed by atoms with Crippen LogP contribution in [0.4, 0.5) is 0 Å². The van der Waals surface area contributed by atoms with Crippen LogP contribution >= 0.6 is 0 Å². The van der Waals surface area contributed by atoms with Crippen molar-refractivity contribution in [2.45, 2.75) is 36.6 Å². The molecule has 160 valence electrons. The van der Waals surface area contributed by atoms with Crippen molar-refractivity contribution >= 4 is 8.32 Å². The molecule has 0 saturated carbocycles. The fourth-order valence-corrected chi connectivity index (χ4v) is 7.97. The molecule has 4 aromatic rings. The van der Waals surface area contributed by atoms with Crippen LogP contribution in [0, 0.1) is 0 Å². The van der Waals surface area contributed by atoms with E-state index in [1.54, 1.807) is 0 Å². The van der Waals surface area contributed by atoms with Crippen molar-refractivity contribution in [3.8, 4) is 0 Å². The van der Waals surface area contributed by atoms with E-state index in [1.165, 1.54) is 22.3 Å². The Labute approximate surface area is 192 Å². The summed E-state index contributed by atoms with van der Waals surface area (Å²) in [7, 11) is -1.95. The maximum absolute atomic E-state index is 7.50. The summed E-state index contributed by atoms with van der Waals surface area (Å²) in [5, 5.41) is 0. The third kappa shape index (κ3) is 3.26. The lowest BCUT2D eigenvalue weighted by atomic mass is 9.57. The van der Waals surface area contributed by atoms with E-state index in [1.807, 2.05) is 0 Å². The van der Waals surface area contributed by atoms with E-state index in [2.05, 4.69) is 134 Å². The molecule has 1 aliphatic rings. The minimum atomic E-state index is -1.95. The summed E-state index contributed by atoms with van der Waals surface area (Å²) < 4.78 is 7.50. The average molecular weight is 435 g/mol. The van der Waals surface area contributed by atoms with Crippen LogP contribution in [0.1, 0.15) is 28.7 Å². The lowest BCUT2D eigenvalue weighted by molar-refractivity contribution is 0.00719. The Balaban J connectivity index is 1.95. The molecule has 32 heavy (non-hydrogen) atoms. The maximum Gasteiger partial charge on any atom is 0.188 e. The van der Waals surface area contributed by atoms with Crippen LogP contribution in [0.25, 0.3) is 0 Å². The Morgan fingerprint density at radius 2 is 0.875 bits per heavy atom. The van der Waals surface area contributed by atoms with Crippen LogP contribution in [0.2, 0.25) is 19.1 Å². The van der Waals surface area contributed by atoms with Gasteiger partial charge in [-0.15, -0.1) is 0 Å². The molecule has 2 heteroatoms. The van der Waals surface area contributed by atoms with E-state index in [0.717, 1.165) is 12.5 Å². The Hall–Kier alpha value is -2.94. The van der Waals surface area contributed by atoms with Gasteiger partial charge in [-0.25, -0.2) is 0 Å². The summed E-state index contributed by atoms with van der Waals surface area (Å²) >= 11 is 0. The summed E-state index contributed by atoms with van der Waals surface area (Å²) in [6, 6.07) is 44.9. The van der Waals surface area contributed by atoms with Crippen LogP contribution in [0.5, 0.6) is 0 Å². The number of benzene rings is 4. The molecular weight excluding hydrogens is 404 g/mol. The fraction of sp³-hybridized carbons (Fsp3) is 0.200. The number of hydrogen-bond donors (Lipinski definition) is 0. The predicted octanol–water partition coefficient (Wildman–Crippen LogP) is 7.54. The van der Waals surface area contributed by atoms with Crippen molar-refractivity contribution in [2.24, 2.45) is 0 Å². The van der Waals surface area contributed by atoms with Crippen molar-refractivity contribution < 1.29 is 4.43 Å². The summed E-state index contributed by atoms with van der Waals surface area (Å²) in [4.78, 5) is 0. The largest absolute Gasteiger partial charge is 0.403 e. The third-order valence-corrected chi connectivity index (χ3v) is 9.34. The van der Waals surface area contributed by atoms with E-state index in [4.69, 9.17) is 4.43 Å². The zero-order valence-electron chi connectivity index (χ0n) is 18.9. The Morgan fingerprint density at radius 1 is 0.531 bits per heavy atom. The van der Waals surface area contributed by atoms with Crippen LogP contribution in [0.3, 0.4) is 0 Å². The molecule has 0 aromatic heterocycles. The zero-order chi connectivity index (χ0) is 22.1. The molecule has 0 spiro atoms. The standard InChI is InChI=1S/C30H30OSi/c1-32(2)24-23-29(25-15-7-3-8-16-25,26-17-9-4-10-18-26)30(31-32,27-19-11-5-12-20-27)28-21-13-6-14-22-28/h3-22H,23-24H2,1-2H3. The van der Waals surface area contributed by atoms with Crippen molar-refractivity contribution in [1.29, 1.82) is 0 Å². The molecule has 0 amide bonds. The Kier molecular flexibility index (Phi) is 5.36. The van der Waals surface area contributed by atoms with Crippen LogP contribution in [-0.2, 0) is 15.4 Å². The lowest BCUT2D eigenvalue weighted by Gasteiger charge is -2.58. The fourth-order valence-electron chi connectivity index (χ4n) is 5.65. The van der Waals surface area contributed by atoms with Gasteiger partial charge in [0.1, 0.15) is 5.60 Å². The highest BCUT2D eigenvalue weighted by atomic mass is 28.4. The molecule has 1 aliphatic heterocycles. The highest BCUT2D eigenvalue weighted by Crippen LogP contribution is 2.60. The molecule has 0 unspecified atom stereocenters. The van der Waals surface area contributed by atoms with Crippen LogP contribution < -0.4 is 0 Å². The second-order valence-electron chi connectivity index (χ2n) is 9.41. The maximum atomic E-state index is 7.50. The van der Waals surface area contributed by atoms with Gasteiger partial charge in [0, 0.05) is 0 Å². The quantitative estimate of drug-likeness (QED) is 0.301.